The smallest absolute Gasteiger partial charge is 0.146 e. The number of nitrogens with zero attached hydrogens (tertiary/aromatic N) is 1. The van der Waals surface area contributed by atoms with Gasteiger partial charge >= 0.3 is 0 Å². The van der Waals surface area contributed by atoms with Gasteiger partial charge in [0.2, 0.25) is 0 Å². The van der Waals surface area contributed by atoms with Crippen LogP contribution < -0.4 is 5.32 Å². The molecule has 2 saturated carbocycles. The van der Waals surface area contributed by atoms with Crippen molar-refractivity contribution in [1.29, 1.82) is 0 Å². The molecule has 3 rings (SSSR count). The van der Waals surface area contributed by atoms with Gasteiger partial charge in [-0.15, -0.1) is 0 Å². The van der Waals surface area contributed by atoms with E-state index in [1.807, 2.05) is 53.8 Å². The standard InChI is InChI=1S/C36H51FN2O.C9H18.C7H14.C4H10.C3H6O.C3H8/c1-12-17-33(32(37)16-5)39-29(11)28(10)34(38-22-15-4)24-26(8)30-18-19-31(27(9)23-30)36(20-13-2,21-14-3)35(40)25(6)7;1-3-8-5-6-9(4-2)7-8;1-3-7-4-6(2)5-7;1-4(2)3;1-3(2)4;1-3-2/h12,16-19,22-25,39H,5,8,13-15,20-21H2,1-4,6-7,9-11H3;8-9H,3-7H2,1-2H3;6-7H,3-5H2,1-2H3;4H,1-3H3;1-2H3;3H2,1-2H3/b17-12-,29-28+,33-32-,34-24+,38-22?;;;;;. The number of benzene rings is 1. The fraction of sp³-hybridized carbons (Fsp3) is 0.661. The van der Waals surface area contributed by atoms with Crippen molar-refractivity contribution in [3.05, 3.63) is 101 Å². The Morgan fingerprint density at radius 3 is 1.66 bits per heavy atom. The number of Topliss-reactive ketones (excluding diaryl/α,β-unsaturated/α-hetero) is 2. The maximum atomic E-state index is 14.3. The van der Waals surface area contributed by atoms with E-state index in [1.54, 1.807) is 12.2 Å². The average molecular weight is 932 g/mol. The van der Waals surface area contributed by atoms with Gasteiger partial charge in [0.1, 0.15) is 17.4 Å². The lowest BCUT2D eigenvalue weighted by atomic mass is 9.66. The highest BCUT2D eigenvalue weighted by Crippen LogP contribution is 2.40. The van der Waals surface area contributed by atoms with Gasteiger partial charge in [-0.3, -0.25) is 9.79 Å². The minimum absolute atomic E-state index is 0.0243. The number of carbonyl (C=O) groups excluding carboxylic acids is 2. The van der Waals surface area contributed by atoms with E-state index in [1.165, 1.54) is 77.7 Å². The summed E-state index contributed by atoms with van der Waals surface area (Å²) in [5, 5.41) is 3.16. The van der Waals surface area contributed by atoms with E-state index in [0.717, 1.165) is 101 Å². The van der Waals surface area contributed by atoms with E-state index >= 15 is 0 Å². The van der Waals surface area contributed by atoms with Crippen LogP contribution in [0.2, 0.25) is 0 Å². The predicted molar refractivity (Wildman–Crippen MR) is 299 cm³/mol. The lowest BCUT2D eigenvalue weighted by Crippen LogP contribution is -2.39. The zero-order valence-electron chi connectivity index (χ0n) is 47.5. The summed E-state index contributed by atoms with van der Waals surface area (Å²) in [6, 6.07) is 6.35. The highest BCUT2D eigenvalue weighted by atomic mass is 19.1. The van der Waals surface area contributed by atoms with Crippen molar-refractivity contribution >= 4 is 23.4 Å². The summed E-state index contributed by atoms with van der Waals surface area (Å²) in [5.74, 6) is 5.17. The lowest BCUT2D eigenvalue weighted by Gasteiger charge is -2.36. The van der Waals surface area contributed by atoms with Crippen LogP contribution in [-0.4, -0.2) is 17.8 Å². The Morgan fingerprint density at radius 1 is 0.851 bits per heavy atom. The number of aliphatic imine (C=N–C) groups is 1. The van der Waals surface area contributed by atoms with Gasteiger partial charge in [0.25, 0.3) is 0 Å². The van der Waals surface area contributed by atoms with Gasteiger partial charge in [-0.05, 0) is 156 Å². The van der Waals surface area contributed by atoms with Gasteiger partial charge in [-0.1, -0.05) is 186 Å². The molecular weight excluding hydrogens is 824 g/mol. The number of rotatable bonds is 19. The van der Waals surface area contributed by atoms with Crippen LogP contribution >= 0.6 is 0 Å². The number of nitrogens with one attached hydrogen (secondary N) is 1. The molecule has 0 saturated heterocycles. The summed E-state index contributed by atoms with van der Waals surface area (Å²) in [4.78, 5) is 27.7. The van der Waals surface area contributed by atoms with Gasteiger partial charge in [-0.25, -0.2) is 4.39 Å². The van der Waals surface area contributed by atoms with Crippen LogP contribution in [0.4, 0.5) is 4.39 Å². The quantitative estimate of drug-likeness (QED) is 0.111. The Balaban J connectivity index is -0.00000120. The topological polar surface area (TPSA) is 58.5 Å². The summed E-state index contributed by atoms with van der Waals surface area (Å²) in [5.41, 5.74) is 6.32. The molecule has 0 aromatic heterocycles. The van der Waals surface area contributed by atoms with Crippen molar-refractivity contribution in [2.75, 3.05) is 0 Å². The first-order valence-electron chi connectivity index (χ1n) is 26.7. The van der Waals surface area contributed by atoms with Crippen LogP contribution in [0, 0.1) is 42.4 Å². The molecular formula is C62H107FN2O2. The molecule has 2 aliphatic carbocycles. The van der Waals surface area contributed by atoms with Crippen molar-refractivity contribution < 1.29 is 14.0 Å². The maximum absolute atomic E-state index is 14.3. The normalized spacial score (nSPS) is 18.5. The van der Waals surface area contributed by atoms with Gasteiger partial charge in [0.15, 0.2) is 0 Å². The zero-order valence-corrected chi connectivity index (χ0v) is 47.5. The minimum Gasteiger partial charge on any atom is -0.356 e. The molecule has 1 aromatic carbocycles. The number of hydrogen-bond acceptors (Lipinski definition) is 4. The molecule has 2 fully saturated rings. The summed E-state index contributed by atoms with van der Waals surface area (Å²) in [6.45, 7) is 49.1. The molecule has 0 aliphatic heterocycles. The Morgan fingerprint density at radius 2 is 1.33 bits per heavy atom. The molecule has 0 amide bonds. The molecule has 2 atom stereocenters. The first-order chi connectivity index (χ1) is 31.5. The van der Waals surface area contributed by atoms with Crippen LogP contribution in [0.5, 0.6) is 0 Å². The zero-order chi connectivity index (χ0) is 52.3. The van der Waals surface area contributed by atoms with Gasteiger partial charge in [0, 0.05) is 17.8 Å². The molecule has 0 bridgehead atoms. The molecule has 0 heterocycles. The van der Waals surface area contributed by atoms with Gasteiger partial charge < -0.3 is 10.1 Å². The largest absolute Gasteiger partial charge is 0.356 e. The Labute approximate surface area is 416 Å². The number of hydrogen-bond donors (Lipinski definition) is 1. The lowest BCUT2D eigenvalue weighted by molar-refractivity contribution is -0.128. The minimum atomic E-state index is -0.463. The molecule has 0 radical (unpaired) electrons. The SMILES string of the molecule is C=C/C(F)=C(\C=C/C)N/C(C)=C(C)/C(=C\C(=C)c1ccc(C(CCC)(CCC)C(=O)C(C)C)c(C)c1)N=CCC.CC(C)=O.CC(C)C.CCC.CCC1CC(C)C1.CCC1CCC(CC)C1. The fourth-order valence-electron chi connectivity index (χ4n) is 8.53. The van der Waals surface area contributed by atoms with E-state index in [9.17, 15) is 14.0 Å². The molecule has 1 N–H and O–H groups in total. The fourth-order valence-corrected chi connectivity index (χ4v) is 8.53. The molecule has 67 heavy (non-hydrogen) atoms. The van der Waals surface area contributed by atoms with E-state index in [-0.39, 0.29) is 11.7 Å². The average Bonchev–Trinajstić information content (AvgIpc) is 3.74. The Bertz CT molecular complexity index is 1670. The van der Waals surface area contributed by atoms with Crippen molar-refractivity contribution in [2.45, 2.75) is 234 Å². The maximum Gasteiger partial charge on any atom is 0.146 e. The first kappa shape index (κ1) is 67.7. The predicted octanol–water partition coefficient (Wildman–Crippen LogP) is 19.6. The second-order valence-corrected chi connectivity index (χ2v) is 20.3. The third-order valence-electron chi connectivity index (χ3n) is 12.1. The second kappa shape index (κ2) is 39.3. The molecule has 4 nitrogen and oxygen atoms in total. The highest BCUT2D eigenvalue weighted by Gasteiger charge is 2.40. The van der Waals surface area contributed by atoms with Crippen LogP contribution in [0.3, 0.4) is 0 Å². The number of allylic oxidation sites excluding steroid dienone is 8. The van der Waals surface area contributed by atoms with E-state index in [2.05, 4.69) is 120 Å². The second-order valence-electron chi connectivity index (χ2n) is 20.3. The molecule has 2 unspecified atom stereocenters. The highest BCUT2D eigenvalue weighted by molar-refractivity contribution is 5.92. The van der Waals surface area contributed by atoms with Crippen LogP contribution in [0.1, 0.15) is 238 Å². The number of aryl methyl sites for hydroxylation is 1. The monoisotopic (exact) mass is 931 g/mol. The summed E-state index contributed by atoms with van der Waals surface area (Å²) in [7, 11) is 0. The summed E-state index contributed by atoms with van der Waals surface area (Å²) < 4.78 is 14.3. The summed E-state index contributed by atoms with van der Waals surface area (Å²) in [6.07, 6.45) is 25.9. The van der Waals surface area contributed by atoms with Crippen molar-refractivity contribution in [1.82, 2.24) is 5.32 Å². The van der Waals surface area contributed by atoms with Gasteiger partial charge in [-0.2, -0.15) is 0 Å². The third-order valence-corrected chi connectivity index (χ3v) is 12.1. The van der Waals surface area contributed by atoms with Gasteiger partial charge in [0.05, 0.1) is 16.8 Å². The van der Waals surface area contributed by atoms with Crippen molar-refractivity contribution in [3.8, 4) is 0 Å². The number of carbonyl (C=O) groups is 2. The van der Waals surface area contributed by atoms with E-state index in [4.69, 9.17) is 4.99 Å². The van der Waals surface area contributed by atoms with Crippen LogP contribution in [0.25, 0.3) is 5.57 Å². The third kappa shape index (κ3) is 28.5. The number of halogens is 1. The molecule has 384 valence electrons. The summed E-state index contributed by atoms with van der Waals surface area (Å²) >= 11 is 0. The van der Waals surface area contributed by atoms with Crippen molar-refractivity contribution in [3.63, 3.8) is 0 Å². The van der Waals surface area contributed by atoms with E-state index < -0.39 is 11.2 Å². The number of ketones is 2. The van der Waals surface area contributed by atoms with Crippen LogP contribution in [0.15, 0.2) is 89.1 Å². The molecule has 2 aliphatic rings. The van der Waals surface area contributed by atoms with Crippen molar-refractivity contribution in [2.24, 2.45) is 40.5 Å². The van der Waals surface area contributed by atoms with E-state index in [0.29, 0.717) is 11.5 Å². The van der Waals surface area contributed by atoms with Crippen LogP contribution in [-0.2, 0) is 15.0 Å². The first-order valence-corrected chi connectivity index (χ1v) is 26.7. The Hall–Kier alpha value is -3.60. The Kier molecular flexibility index (Phi) is 39.7. The molecule has 1 aromatic rings. The molecule has 5 heteroatoms. The molecule has 0 spiro atoms.